The van der Waals surface area contributed by atoms with E-state index in [-0.39, 0.29) is 41.0 Å². The molecule has 3 saturated heterocycles. The second kappa shape index (κ2) is 14.8. The molecule has 312 valence electrons. The van der Waals surface area contributed by atoms with E-state index >= 15 is 0 Å². The molecule has 7 fully saturated rings. The predicted octanol–water partition coefficient (Wildman–Crippen LogP) is 3.63. The summed E-state index contributed by atoms with van der Waals surface area (Å²) in [6.07, 6.45) is -2.85. The number of ketones is 1. The van der Waals surface area contributed by atoms with Crippen molar-refractivity contribution in [2.24, 2.45) is 34.5 Å². The Hall–Kier alpha value is -1.75. The zero-order chi connectivity index (χ0) is 40.0. The third-order valence-corrected chi connectivity index (χ3v) is 15.3. The molecule has 0 aromatic heterocycles. The van der Waals surface area contributed by atoms with Crippen LogP contribution in [-0.4, -0.2) is 127 Å². The van der Waals surface area contributed by atoms with Gasteiger partial charge in [-0.3, -0.25) is 14.4 Å². The monoisotopic (exact) mass is 780 g/mol. The van der Waals surface area contributed by atoms with Gasteiger partial charge < -0.3 is 52.8 Å². The van der Waals surface area contributed by atoms with Gasteiger partial charge in [0.1, 0.15) is 53.6 Å². The number of Topliss-reactive ketones (excluding diaryl/α,β-unsaturated/α-hetero) is 1. The zero-order valence-corrected chi connectivity index (χ0v) is 34.2. The van der Waals surface area contributed by atoms with Gasteiger partial charge in [-0.2, -0.15) is 0 Å². The van der Waals surface area contributed by atoms with Crippen molar-refractivity contribution in [1.82, 2.24) is 0 Å². The van der Waals surface area contributed by atoms with Gasteiger partial charge in [0.05, 0.1) is 30.3 Å². The summed E-state index contributed by atoms with van der Waals surface area (Å²) in [6.45, 7) is 14.5. The molecule has 14 nitrogen and oxygen atoms in total. The average molecular weight is 781 g/mol. The maximum atomic E-state index is 13.5. The number of methoxy groups -OCH3 is 2. The van der Waals surface area contributed by atoms with Gasteiger partial charge >= 0.3 is 11.9 Å². The van der Waals surface area contributed by atoms with E-state index in [9.17, 15) is 24.6 Å². The molecule has 14 heteroatoms. The van der Waals surface area contributed by atoms with E-state index in [2.05, 4.69) is 6.92 Å². The molecule has 0 aromatic carbocycles. The van der Waals surface area contributed by atoms with Crippen molar-refractivity contribution in [2.75, 3.05) is 14.2 Å². The molecule has 3 heterocycles. The molecule has 4 aliphatic carbocycles. The summed E-state index contributed by atoms with van der Waals surface area (Å²) >= 11 is 0. The molecule has 7 aliphatic rings. The summed E-state index contributed by atoms with van der Waals surface area (Å²) in [5.74, 6) is -1.62. The van der Waals surface area contributed by atoms with Gasteiger partial charge in [0, 0.05) is 44.8 Å². The lowest BCUT2D eigenvalue weighted by Gasteiger charge is -2.61. The van der Waals surface area contributed by atoms with E-state index in [1.807, 2.05) is 13.8 Å². The fourth-order valence-corrected chi connectivity index (χ4v) is 12.6. The Morgan fingerprint density at radius 1 is 0.800 bits per heavy atom. The Kier molecular flexibility index (Phi) is 11.2. The molecular weight excluding hydrogens is 716 g/mol. The highest BCUT2D eigenvalue weighted by Gasteiger charge is 2.91. The minimum atomic E-state index is -1.21. The Labute approximate surface area is 324 Å². The largest absolute Gasteiger partial charge is 0.458 e. The number of esters is 2. The standard InChI is InChI=1S/C41H64O14/c1-19(2)36(46)53-33-34-38(7)14-12-25(52-28-18-27(47-9)31(22(5)49-28)54-37-30(45)32(48-10)29(44)21(4)50-37)17-24(38)11-15-40(34)41(55-40)16-13-26(20(3)42)39(41,8)35(33)51-23(6)43/h19,21-22,24-35,37,44-45H,11-18H2,1-10H3. The first-order valence-electron chi connectivity index (χ1n) is 20.5. The summed E-state index contributed by atoms with van der Waals surface area (Å²) in [6, 6.07) is 0. The number of hydrogen-bond acceptors (Lipinski definition) is 14. The molecule has 2 spiro atoms. The number of rotatable bonds is 10. The Bertz CT molecular complexity index is 1470. The van der Waals surface area contributed by atoms with Crippen LogP contribution >= 0.6 is 0 Å². The SMILES string of the molecule is COC1CC(OC2CCC3(C)C(CCC45OC46CCC(C(C)=O)C6(C)C(OC(C)=O)C(OC(=O)C(C)C)C35)C2)OC(C)C1OC1OC(C)C(O)C(OC)C1O. The fourth-order valence-electron chi connectivity index (χ4n) is 12.6. The lowest BCUT2D eigenvalue weighted by atomic mass is 9.43. The van der Waals surface area contributed by atoms with Gasteiger partial charge in [-0.25, -0.2) is 0 Å². The number of fused-ring (bicyclic) bond motifs is 2. The molecular formula is C41H64O14. The second-order valence-corrected chi connectivity index (χ2v) is 18.4. The molecule has 19 unspecified atom stereocenters. The minimum Gasteiger partial charge on any atom is -0.458 e. The third kappa shape index (κ3) is 6.34. The van der Waals surface area contributed by atoms with E-state index in [1.54, 1.807) is 34.8 Å². The third-order valence-electron chi connectivity index (χ3n) is 15.3. The first-order chi connectivity index (χ1) is 25.9. The van der Waals surface area contributed by atoms with Crippen molar-refractivity contribution in [2.45, 2.75) is 192 Å². The summed E-state index contributed by atoms with van der Waals surface area (Å²) in [4.78, 5) is 39.6. The van der Waals surface area contributed by atoms with Crippen molar-refractivity contribution in [3.05, 3.63) is 0 Å². The van der Waals surface area contributed by atoms with E-state index in [1.165, 1.54) is 14.0 Å². The van der Waals surface area contributed by atoms with Crippen LogP contribution in [0.25, 0.3) is 0 Å². The van der Waals surface area contributed by atoms with Crippen molar-refractivity contribution < 1.29 is 67.2 Å². The van der Waals surface area contributed by atoms with Gasteiger partial charge in [-0.1, -0.05) is 27.7 Å². The number of carbonyl (C=O) groups excluding carboxylic acids is 3. The van der Waals surface area contributed by atoms with Crippen LogP contribution < -0.4 is 0 Å². The molecule has 0 radical (unpaired) electrons. The van der Waals surface area contributed by atoms with Crippen molar-refractivity contribution in [3.8, 4) is 0 Å². The van der Waals surface area contributed by atoms with E-state index in [0.29, 0.717) is 19.3 Å². The summed E-state index contributed by atoms with van der Waals surface area (Å²) in [5.41, 5.74) is -2.42. The van der Waals surface area contributed by atoms with Crippen LogP contribution in [0.15, 0.2) is 0 Å². The Morgan fingerprint density at radius 3 is 2.16 bits per heavy atom. The van der Waals surface area contributed by atoms with Crippen LogP contribution in [0.3, 0.4) is 0 Å². The van der Waals surface area contributed by atoms with Gasteiger partial charge in [0.2, 0.25) is 0 Å². The number of hydrogen-bond donors (Lipinski definition) is 2. The number of carbonyl (C=O) groups is 3. The molecule has 4 saturated carbocycles. The quantitative estimate of drug-likeness (QED) is 0.187. The van der Waals surface area contributed by atoms with Crippen LogP contribution in [0.1, 0.15) is 107 Å². The van der Waals surface area contributed by atoms with Crippen molar-refractivity contribution in [3.63, 3.8) is 0 Å². The first kappa shape index (κ1) is 41.4. The maximum absolute atomic E-state index is 13.5. The lowest BCUT2D eigenvalue weighted by Crippen LogP contribution is -2.70. The molecule has 3 aliphatic heterocycles. The molecule has 0 bridgehead atoms. The van der Waals surface area contributed by atoms with Gasteiger partial charge in [0.15, 0.2) is 12.6 Å². The second-order valence-electron chi connectivity index (χ2n) is 18.4. The topological polar surface area (TPSA) is 178 Å². The Morgan fingerprint density at radius 2 is 1.53 bits per heavy atom. The number of aliphatic hydroxyl groups excluding tert-OH is 2. The smallest absolute Gasteiger partial charge is 0.308 e. The van der Waals surface area contributed by atoms with Crippen LogP contribution in [0.5, 0.6) is 0 Å². The Balaban J connectivity index is 1.09. The van der Waals surface area contributed by atoms with Crippen molar-refractivity contribution >= 4 is 17.7 Å². The highest BCUT2D eigenvalue weighted by Crippen LogP contribution is 2.81. The van der Waals surface area contributed by atoms with Gasteiger partial charge in [-0.15, -0.1) is 0 Å². The van der Waals surface area contributed by atoms with Crippen LogP contribution in [0.4, 0.5) is 0 Å². The highest BCUT2D eigenvalue weighted by atomic mass is 16.7. The number of aliphatic hydroxyl groups is 2. The molecule has 7 rings (SSSR count). The van der Waals surface area contributed by atoms with Crippen molar-refractivity contribution in [1.29, 1.82) is 0 Å². The van der Waals surface area contributed by atoms with E-state index in [0.717, 1.165) is 32.1 Å². The van der Waals surface area contributed by atoms with Crippen LogP contribution in [0, 0.1) is 34.5 Å². The summed E-state index contributed by atoms with van der Waals surface area (Å²) in [7, 11) is 3.04. The highest BCUT2D eigenvalue weighted by molar-refractivity contribution is 5.81. The molecule has 0 amide bonds. The maximum Gasteiger partial charge on any atom is 0.308 e. The van der Waals surface area contributed by atoms with E-state index < -0.39 is 96.0 Å². The molecule has 0 aromatic rings. The number of ether oxygens (including phenoxy) is 9. The normalized spacial score (nSPS) is 51.6. The van der Waals surface area contributed by atoms with Crippen LogP contribution in [-0.2, 0) is 57.0 Å². The molecule has 19 atom stereocenters. The van der Waals surface area contributed by atoms with Crippen LogP contribution in [0.2, 0.25) is 0 Å². The fraction of sp³-hybridized carbons (Fsp3) is 0.927. The minimum absolute atomic E-state index is 0.0362. The zero-order valence-electron chi connectivity index (χ0n) is 34.2. The molecule has 55 heavy (non-hydrogen) atoms. The predicted molar refractivity (Wildman–Crippen MR) is 193 cm³/mol. The van der Waals surface area contributed by atoms with E-state index in [4.69, 9.17) is 42.6 Å². The lowest BCUT2D eigenvalue weighted by molar-refractivity contribution is -0.343. The number of epoxide rings is 1. The van der Waals surface area contributed by atoms with Gasteiger partial charge in [0.25, 0.3) is 0 Å². The van der Waals surface area contributed by atoms with Gasteiger partial charge in [-0.05, 0) is 77.0 Å². The summed E-state index contributed by atoms with van der Waals surface area (Å²) in [5, 5.41) is 21.3. The average Bonchev–Trinajstić information content (AvgIpc) is 3.67. The first-order valence-corrected chi connectivity index (χ1v) is 20.5. The summed E-state index contributed by atoms with van der Waals surface area (Å²) < 4.78 is 56.3. The molecule has 2 N–H and O–H groups in total.